The van der Waals surface area contributed by atoms with Gasteiger partial charge in [-0.15, -0.1) is 0 Å². The maximum atomic E-state index is 13.6. The smallest absolute Gasteiger partial charge is 0.330 e. The molecule has 0 aromatic heterocycles. The average molecular weight is 1760 g/mol. The Morgan fingerprint density at radius 1 is 0.339 bits per heavy atom. The summed E-state index contributed by atoms with van der Waals surface area (Å²) < 4.78 is 96.9. The molecule has 7 heterocycles. The number of hydrogen-bond donors (Lipinski definition) is 24. The number of aliphatic hydroxyl groups excluding tert-OH is 20. The average Bonchev–Trinajstić information content (AvgIpc) is 0.757. The van der Waals surface area contributed by atoms with Crippen LogP contribution in [-0.4, -0.2) is 371 Å². The Hall–Kier alpha value is -10.1. The third-order valence-electron chi connectivity index (χ3n) is 20.6. The number of esters is 3. The molecule has 24 N–H and O–H groups in total. The number of phenolic OH excluding ortho intramolecular Hbond substituents is 4. The SMILES string of the molecule is COc1cc(-c2oc3cc(=O)cc(O[C@@H]4O[C@H](CO)[C@@H](O)[C@H](O)[C@H]4O)c-3cc2O[C@H]2O[C@@H](COC(=O)C=Cc3ccc(O[C@@H]4O[C@H](COC(=O)C=Cc5ccc(O)c(O[C@H]6O[C@@H](CO)[C@H](O)[C@@H](O)[C@@H]6O)c5)[C@@H](O)[C@H](O)[C@H]4O)c(O)c3)[C@H](O)[C@@H](O)[C@@H]2O[C@@H]2O[C@H](COC(=O)C=Cc3ccc(O)c(O[C@@H]4O[C@H](CO)[C@@H](O)[C@H](O)[C@H]4O)c3)[C@@H](O)[C@H](O)[C@H]2O)ccc1O. The van der Waals surface area contributed by atoms with E-state index in [1.807, 2.05) is 0 Å². The first kappa shape index (κ1) is 93.0. The third kappa shape index (κ3) is 21.0. The Morgan fingerprint density at radius 3 is 1.13 bits per heavy atom. The first-order chi connectivity index (χ1) is 59.1. The van der Waals surface area contributed by atoms with Crippen molar-refractivity contribution >= 4 is 36.1 Å². The molecule has 12 rings (SSSR count). The highest BCUT2D eigenvalue weighted by Gasteiger charge is 2.54. The van der Waals surface area contributed by atoms with Gasteiger partial charge in [0, 0.05) is 35.9 Å². The summed E-state index contributed by atoms with van der Waals surface area (Å²) in [5.74, 6) is -8.49. The summed E-state index contributed by atoms with van der Waals surface area (Å²) in [6, 6.07) is 17.2. The molecule has 45 heteroatoms. The highest BCUT2D eigenvalue weighted by Crippen LogP contribution is 2.46. The second kappa shape index (κ2) is 40.4. The Morgan fingerprint density at radius 2 is 0.694 bits per heavy atom. The number of aliphatic hydroxyl groups is 20. The minimum atomic E-state index is -2.34. The van der Waals surface area contributed by atoms with Gasteiger partial charge in [-0.1, -0.05) is 18.2 Å². The van der Waals surface area contributed by atoms with Gasteiger partial charge in [-0.3, -0.25) is 4.79 Å². The van der Waals surface area contributed by atoms with Crippen molar-refractivity contribution in [2.75, 3.05) is 46.8 Å². The van der Waals surface area contributed by atoms with E-state index in [4.69, 9.17) is 80.2 Å². The summed E-state index contributed by atoms with van der Waals surface area (Å²) in [4.78, 5) is 53.3. The lowest BCUT2D eigenvalue weighted by atomic mass is 9.97. The molecule has 1 aliphatic carbocycles. The van der Waals surface area contributed by atoms with Crippen molar-refractivity contribution < 1.29 is 217 Å². The number of benzene rings is 5. The molecule has 8 aliphatic rings. The standard InChI is InChI=1S/C79H90O45/c1-108-42-19-32(8-11-35(42)84)72-45(22-34-40(112-72)20-33(83)21-41(34)114-75-67(103)61(97)55(91)46(23-80)118-75)117-79-73(124-78-71(107)65(101)59(95)50(122-78)27-110-54(90)15-7-31-3-10-37(86)44(18-31)116-77-69(105)63(99)57(93)48(25-82)120-77)66(102)60(96)51(123-79)28-111-52(88)13-5-29-4-12-39(38(87)16-29)113-74-70(106)64(100)58(94)49(121-74)26-109-53(89)14-6-30-2-9-36(85)43(17-30)115-76-68(104)62(98)56(92)47(24-81)119-76/h2-22,46-51,55-71,73-82,84-87,91-107H,23-28H2,1H3/t46-,47+,48-,49-,50-,51+,55-,56+,57-,58-,59-,60+,61+,62-,63+,64+,65+,66-,67-,68+,69-,70-,71-,73+,74-,75-,76+,77-,78+,79+/m1/s1. The van der Waals surface area contributed by atoms with Crippen molar-refractivity contribution in [2.45, 2.75) is 184 Å². The minimum absolute atomic E-state index is 0.0259. The zero-order valence-electron chi connectivity index (χ0n) is 64.5. The zero-order chi connectivity index (χ0) is 89.6. The number of hydrogen-bond acceptors (Lipinski definition) is 45. The van der Waals surface area contributed by atoms with Gasteiger partial charge >= 0.3 is 17.9 Å². The first-order valence-corrected chi connectivity index (χ1v) is 37.9. The molecule has 0 saturated carbocycles. The highest BCUT2D eigenvalue weighted by atomic mass is 16.8. The largest absolute Gasteiger partial charge is 0.504 e. The Balaban J connectivity index is 0.746. The Kier molecular flexibility index (Phi) is 30.3. The van der Waals surface area contributed by atoms with Gasteiger partial charge in [-0.05, 0) is 95.6 Å². The molecule has 0 radical (unpaired) electrons. The Labute approximate surface area is 698 Å². The highest BCUT2D eigenvalue weighted by molar-refractivity contribution is 5.88. The molecule has 0 spiro atoms. The van der Waals surface area contributed by atoms with E-state index in [9.17, 15) is 142 Å². The number of carbonyl (C=O) groups excluding carboxylic acids is 3. The molecule has 0 amide bonds. The summed E-state index contributed by atoms with van der Waals surface area (Å²) in [5, 5.41) is 256. The summed E-state index contributed by atoms with van der Waals surface area (Å²) >= 11 is 0. The number of ether oxygens (including phenoxy) is 16. The van der Waals surface area contributed by atoms with Crippen LogP contribution in [-0.2, 0) is 61.8 Å². The second-order valence-electron chi connectivity index (χ2n) is 29.1. The normalized spacial score (nSPS) is 34.0. The molecule has 6 saturated heterocycles. The van der Waals surface area contributed by atoms with E-state index in [-0.39, 0.29) is 56.6 Å². The maximum absolute atomic E-state index is 13.6. The van der Waals surface area contributed by atoms with Crippen LogP contribution in [0.3, 0.4) is 0 Å². The molecule has 6 fully saturated rings. The van der Waals surface area contributed by atoms with E-state index in [2.05, 4.69) is 0 Å². The molecule has 45 nitrogen and oxygen atoms in total. The van der Waals surface area contributed by atoms with Crippen LogP contribution in [0.15, 0.2) is 118 Å². The fraction of sp³-hybridized carbons (Fsp3) is 0.468. The predicted molar refractivity (Wildman–Crippen MR) is 403 cm³/mol. The van der Waals surface area contributed by atoms with Gasteiger partial charge < -0.3 is 203 Å². The van der Waals surface area contributed by atoms with Crippen LogP contribution in [0.25, 0.3) is 40.9 Å². The lowest BCUT2D eigenvalue weighted by Gasteiger charge is -2.46. The summed E-state index contributed by atoms with van der Waals surface area (Å²) in [6.07, 6.45) is -51.1. The van der Waals surface area contributed by atoms with Gasteiger partial charge in [-0.25, -0.2) is 14.4 Å². The van der Waals surface area contributed by atoms with E-state index in [0.717, 1.165) is 85.0 Å². The van der Waals surface area contributed by atoms with Crippen molar-refractivity contribution in [3.63, 3.8) is 0 Å². The molecular formula is C79H90O45. The summed E-state index contributed by atoms with van der Waals surface area (Å²) in [7, 11) is 1.19. The monoisotopic (exact) mass is 1760 g/mol. The molecule has 124 heavy (non-hydrogen) atoms. The lowest BCUT2D eigenvalue weighted by Crippen LogP contribution is -2.65. The fourth-order valence-electron chi connectivity index (χ4n) is 13.6. The molecular weight excluding hydrogens is 1670 g/mol. The molecule has 4 aromatic carbocycles. The van der Waals surface area contributed by atoms with Crippen molar-refractivity contribution in [3.8, 4) is 80.1 Å². The maximum Gasteiger partial charge on any atom is 0.330 e. The molecule has 7 aliphatic heterocycles. The van der Waals surface area contributed by atoms with E-state index < -0.39 is 287 Å². The number of carbonyl (C=O) groups is 3. The van der Waals surface area contributed by atoms with Crippen LogP contribution >= 0.6 is 0 Å². The van der Waals surface area contributed by atoms with Crippen LogP contribution in [0.2, 0.25) is 0 Å². The van der Waals surface area contributed by atoms with E-state index >= 15 is 0 Å². The fourth-order valence-corrected chi connectivity index (χ4v) is 13.6. The number of phenols is 4. The minimum Gasteiger partial charge on any atom is -0.504 e. The van der Waals surface area contributed by atoms with Gasteiger partial charge in [0.2, 0.25) is 31.5 Å². The molecule has 4 aromatic rings. The quantitative estimate of drug-likeness (QED) is 0.0118. The van der Waals surface area contributed by atoms with Gasteiger partial charge in [0.25, 0.3) is 0 Å². The van der Waals surface area contributed by atoms with Crippen LogP contribution in [0.5, 0.6) is 57.5 Å². The summed E-state index contributed by atoms with van der Waals surface area (Å²) in [5.41, 5.74) is -0.712. The van der Waals surface area contributed by atoms with Crippen LogP contribution in [0.4, 0.5) is 0 Å². The molecule has 0 bridgehead atoms. The first-order valence-electron chi connectivity index (χ1n) is 37.9. The van der Waals surface area contributed by atoms with E-state index in [1.54, 1.807) is 0 Å². The number of methoxy groups -OCH3 is 1. The topological polar surface area (TPSA) is 715 Å². The number of rotatable bonds is 29. The van der Waals surface area contributed by atoms with Crippen LogP contribution < -0.4 is 33.8 Å². The predicted octanol–water partition coefficient (Wildman–Crippen LogP) is -7.25. The summed E-state index contributed by atoms with van der Waals surface area (Å²) in [6.45, 7) is -5.16. The van der Waals surface area contributed by atoms with Crippen molar-refractivity contribution in [2.24, 2.45) is 0 Å². The van der Waals surface area contributed by atoms with Crippen molar-refractivity contribution in [3.05, 3.63) is 136 Å². The third-order valence-corrected chi connectivity index (χ3v) is 20.6. The molecule has 0 unspecified atom stereocenters. The van der Waals surface area contributed by atoms with Crippen molar-refractivity contribution in [1.29, 1.82) is 0 Å². The van der Waals surface area contributed by atoms with Gasteiger partial charge in [0.15, 0.2) is 75.3 Å². The number of aromatic hydroxyl groups is 4. The lowest BCUT2D eigenvalue weighted by molar-refractivity contribution is -0.358. The zero-order valence-corrected chi connectivity index (χ0v) is 64.5. The number of fused-ring (bicyclic) bond motifs is 1. The van der Waals surface area contributed by atoms with Crippen molar-refractivity contribution in [1.82, 2.24) is 0 Å². The van der Waals surface area contributed by atoms with Crippen LogP contribution in [0, 0.1) is 0 Å². The van der Waals surface area contributed by atoms with Gasteiger partial charge in [0.05, 0.1) is 32.5 Å². The second-order valence-corrected chi connectivity index (χ2v) is 29.1. The molecule has 676 valence electrons. The van der Waals surface area contributed by atoms with Gasteiger partial charge in [0.1, 0.15) is 172 Å². The van der Waals surface area contributed by atoms with Gasteiger partial charge in [-0.2, -0.15) is 0 Å². The van der Waals surface area contributed by atoms with Crippen LogP contribution in [0.1, 0.15) is 16.7 Å². The Bertz CT molecular complexity index is 4760. The van der Waals surface area contributed by atoms with E-state index in [1.165, 1.54) is 49.6 Å². The van der Waals surface area contributed by atoms with E-state index in [0.29, 0.717) is 0 Å². The molecule has 30 atom stereocenters.